The van der Waals surface area contributed by atoms with Crippen LogP contribution in [0.25, 0.3) is 0 Å². The fraction of sp³-hybridized carbons (Fsp3) is 0.417. The average Bonchev–Trinajstić information content (AvgIpc) is 3.11. The van der Waals surface area contributed by atoms with Crippen LogP contribution < -0.4 is 5.32 Å². The Labute approximate surface area is 114 Å². The summed E-state index contributed by atoms with van der Waals surface area (Å²) in [5.41, 5.74) is 1.10. The van der Waals surface area contributed by atoms with Crippen molar-refractivity contribution in [3.8, 4) is 0 Å². The van der Waals surface area contributed by atoms with Crippen molar-refractivity contribution in [3.05, 3.63) is 23.0 Å². The predicted molar refractivity (Wildman–Crippen MR) is 74.5 cm³/mol. The maximum atomic E-state index is 4.70. The molecule has 6 heteroatoms. The van der Waals surface area contributed by atoms with Gasteiger partial charge in [-0.3, -0.25) is 0 Å². The second kappa shape index (κ2) is 4.85. The maximum Gasteiger partial charge on any atom is 0.156 e. The summed E-state index contributed by atoms with van der Waals surface area (Å²) < 4.78 is 1.03. The number of hydrogen-bond acceptors (Lipinski definition) is 6. The van der Waals surface area contributed by atoms with Gasteiger partial charge in [-0.1, -0.05) is 0 Å². The third-order valence-corrected chi connectivity index (χ3v) is 4.87. The van der Waals surface area contributed by atoms with E-state index in [0.717, 1.165) is 26.6 Å². The molecule has 0 bridgehead atoms. The van der Waals surface area contributed by atoms with Gasteiger partial charge in [-0.25, -0.2) is 15.0 Å². The number of thiazole rings is 1. The molecule has 0 radical (unpaired) electrons. The molecule has 2 aromatic rings. The first-order valence-corrected chi connectivity index (χ1v) is 7.61. The quantitative estimate of drug-likeness (QED) is 0.870. The van der Waals surface area contributed by atoms with Gasteiger partial charge in [-0.05, 0) is 31.5 Å². The molecular formula is C12H14N4S2. The predicted octanol–water partition coefficient (Wildman–Crippen LogP) is 3.31. The van der Waals surface area contributed by atoms with E-state index in [-0.39, 0.29) is 0 Å². The second-order valence-electron chi connectivity index (χ2n) is 4.28. The number of hydrogen-bond donors (Lipinski definition) is 1. The van der Waals surface area contributed by atoms with Crippen molar-refractivity contribution in [2.75, 3.05) is 12.4 Å². The van der Waals surface area contributed by atoms with Gasteiger partial charge < -0.3 is 5.32 Å². The Morgan fingerprint density at radius 3 is 2.83 bits per heavy atom. The highest BCUT2D eigenvalue weighted by molar-refractivity contribution is 8.01. The van der Waals surface area contributed by atoms with E-state index in [4.69, 9.17) is 4.98 Å². The fourth-order valence-corrected chi connectivity index (χ4v) is 3.35. The van der Waals surface area contributed by atoms with Gasteiger partial charge in [-0.2, -0.15) is 0 Å². The van der Waals surface area contributed by atoms with E-state index in [1.54, 1.807) is 23.1 Å². The van der Waals surface area contributed by atoms with Crippen LogP contribution in [0.3, 0.4) is 0 Å². The van der Waals surface area contributed by atoms with Gasteiger partial charge in [-0.15, -0.1) is 11.3 Å². The van der Waals surface area contributed by atoms with Gasteiger partial charge in [0, 0.05) is 30.1 Å². The largest absolute Gasteiger partial charge is 0.373 e. The minimum absolute atomic E-state index is 0.563. The summed E-state index contributed by atoms with van der Waals surface area (Å²) in [5, 5.41) is 6.16. The molecule has 3 rings (SSSR count). The maximum absolute atomic E-state index is 4.70. The fourth-order valence-electron chi connectivity index (χ4n) is 1.72. The van der Waals surface area contributed by atoms with E-state index < -0.39 is 0 Å². The van der Waals surface area contributed by atoms with Crippen LogP contribution in [-0.2, 0) is 0 Å². The first kappa shape index (κ1) is 11.9. The molecule has 2 aromatic heterocycles. The van der Waals surface area contributed by atoms with E-state index in [9.17, 15) is 0 Å². The second-order valence-corrected chi connectivity index (χ2v) is 6.42. The lowest BCUT2D eigenvalue weighted by Gasteiger charge is -2.10. The molecule has 1 aliphatic rings. The third kappa shape index (κ3) is 2.35. The van der Waals surface area contributed by atoms with Crippen molar-refractivity contribution in [2.45, 2.75) is 35.0 Å². The van der Waals surface area contributed by atoms with Crippen LogP contribution in [0.1, 0.15) is 30.1 Å². The lowest BCUT2D eigenvalue weighted by atomic mass is 10.3. The van der Waals surface area contributed by atoms with Gasteiger partial charge in [0.05, 0.1) is 0 Å². The topological polar surface area (TPSA) is 50.7 Å². The van der Waals surface area contributed by atoms with Crippen molar-refractivity contribution in [1.29, 1.82) is 0 Å². The molecule has 94 valence electrons. The van der Waals surface area contributed by atoms with Crippen molar-refractivity contribution in [2.24, 2.45) is 0 Å². The van der Waals surface area contributed by atoms with Gasteiger partial charge in [0.25, 0.3) is 0 Å². The van der Waals surface area contributed by atoms with Crippen LogP contribution in [0.15, 0.2) is 20.9 Å². The zero-order valence-electron chi connectivity index (χ0n) is 10.3. The first-order chi connectivity index (χ1) is 8.78. The Morgan fingerprint density at radius 1 is 1.39 bits per heavy atom. The molecule has 0 spiro atoms. The molecule has 0 atom stereocenters. The minimum Gasteiger partial charge on any atom is -0.373 e. The summed E-state index contributed by atoms with van der Waals surface area (Å²) in [6.07, 6.45) is 4.26. The van der Waals surface area contributed by atoms with Crippen molar-refractivity contribution >= 4 is 28.9 Å². The molecule has 0 saturated heterocycles. The van der Waals surface area contributed by atoms with Crippen molar-refractivity contribution in [3.63, 3.8) is 0 Å². The summed E-state index contributed by atoms with van der Waals surface area (Å²) in [4.78, 5) is 13.6. The van der Waals surface area contributed by atoms with Gasteiger partial charge in [0.15, 0.2) is 4.34 Å². The molecule has 4 nitrogen and oxygen atoms in total. The van der Waals surface area contributed by atoms with Crippen molar-refractivity contribution in [1.82, 2.24) is 15.0 Å². The molecule has 1 aliphatic carbocycles. The highest BCUT2D eigenvalue weighted by atomic mass is 32.2. The van der Waals surface area contributed by atoms with Crippen LogP contribution in [0.5, 0.6) is 0 Å². The Hall–Kier alpha value is -1.14. The SMILES string of the molecule is CNc1nc(C2CC2)nc(Sc2nccs2)c1C. The van der Waals surface area contributed by atoms with Gasteiger partial charge in [0.2, 0.25) is 0 Å². The summed E-state index contributed by atoms with van der Waals surface area (Å²) in [7, 11) is 1.91. The molecule has 2 heterocycles. The lowest BCUT2D eigenvalue weighted by molar-refractivity contribution is 0.864. The Morgan fingerprint density at radius 2 is 2.22 bits per heavy atom. The van der Waals surface area contributed by atoms with E-state index in [0.29, 0.717) is 5.92 Å². The van der Waals surface area contributed by atoms with Crippen LogP contribution >= 0.6 is 23.1 Å². The molecular weight excluding hydrogens is 264 g/mol. The highest BCUT2D eigenvalue weighted by Gasteiger charge is 2.28. The van der Waals surface area contributed by atoms with Gasteiger partial charge in [0.1, 0.15) is 16.7 Å². The molecule has 1 fully saturated rings. The van der Waals surface area contributed by atoms with Gasteiger partial charge >= 0.3 is 0 Å². The summed E-state index contributed by atoms with van der Waals surface area (Å²) in [6, 6.07) is 0. The third-order valence-electron chi connectivity index (χ3n) is 2.89. The molecule has 18 heavy (non-hydrogen) atoms. The average molecular weight is 278 g/mol. The number of nitrogens with zero attached hydrogens (tertiary/aromatic N) is 3. The highest BCUT2D eigenvalue weighted by Crippen LogP contribution is 2.41. The first-order valence-electron chi connectivity index (χ1n) is 5.91. The standard InChI is InChI=1S/C12H14N4S2/c1-7-9(13-2)15-10(8-3-4-8)16-11(7)18-12-14-5-6-17-12/h5-6,8H,3-4H2,1-2H3,(H,13,15,16). The van der Waals surface area contributed by atoms with E-state index >= 15 is 0 Å². The summed E-state index contributed by atoms with van der Waals surface area (Å²) >= 11 is 3.27. The van der Waals surface area contributed by atoms with E-state index in [1.165, 1.54) is 12.8 Å². The summed E-state index contributed by atoms with van der Waals surface area (Å²) in [5.74, 6) is 2.48. The number of rotatable bonds is 4. The van der Waals surface area contributed by atoms with Crippen LogP contribution in [0, 0.1) is 6.92 Å². The lowest BCUT2D eigenvalue weighted by Crippen LogP contribution is -2.03. The summed E-state index contributed by atoms with van der Waals surface area (Å²) in [6.45, 7) is 2.05. The van der Waals surface area contributed by atoms with Crippen molar-refractivity contribution < 1.29 is 0 Å². The molecule has 1 N–H and O–H groups in total. The normalized spacial score (nSPS) is 14.8. The Kier molecular flexibility index (Phi) is 3.22. The molecule has 0 unspecified atom stereocenters. The van der Waals surface area contributed by atoms with Crippen LogP contribution in [0.4, 0.5) is 5.82 Å². The number of aromatic nitrogens is 3. The molecule has 0 amide bonds. The Balaban J connectivity index is 1.98. The molecule has 0 aliphatic heterocycles. The zero-order chi connectivity index (χ0) is 12.5. The van der Waals surface area contributed by atoms with E-state index in [1.807, 2.05) is 18.6 Å². The zero-order valence-corrected chi connectivity index (χ0v) is 11.9. The monoisotopic (exact) mass is 278 g/mol. The molecule has 1 saturated carbocycles. The van der Waals surface area contributed by atoms with E-state index in [2.05, 4.69) is 22.2 Å². The Bertz CT molecular complexity index is 549. The molecule has 0 aromatic carbocycles. The smallest absolute Gasteiger partial charge is 0.156 e. The van der Waals surface area contributed by atoms with Crippen LogP contribution in [0.2, 0.25) is 0 Å². The minimum atomic E-state index is 0.563. The van der Waals surface area contributed by atoms with Crippen LogP contribution in [-0.4, -0.2) is 22.0 Å². The number of anilines is 1. The number of nitrogens with one attached hydrogen (secondary N) is 1.